The molecule has 1 aromatic carbocycles. The summed E-state index contributed by atoms with van der Waals surface area (Å²) in [5.41, 5.74) is 5.55. The Morgan fingerprint density at radius 3 is 2.35 bits per heavy atom. The molecular weight excluding hydrogens is 238 g/mol. The van der Waals surface area contributed by atoms with Crippen LogP contribution in [0.15, 0.2) is 58.0 Å². The Kier molecular flexibility index (Phi) is 3.31. The fourth-order valence-electron chi connectivity index (χ4n) is 1.64. The molecule has 1 atom stereocenters. The van der Waals surface area contributed by atoms with E-state index in [0.717, 1.165) is 0 Å². The monoisotopic (exact) mass is 251 g/mol. The smallest absolute Gasteiger partial charge is 0.189 e. The second kappa shape index (κ2) is 4.73. The Hall–Kier alpha value is -1.59. The molecule has 2 rings (SSSR count). The van der Waals surface area contributed by atoms with Crippen LogP contribution in [0, 0.1) is 0 Å². The number of benzene rings is 1. The van der Waals surface area contributed by atoms with E-state index < -0.39 is 15.1 Å². The molecule has 0 saturated carbocycles. The summed E-state index contributed by atoms with van der Waals surface area (Å²) in [5, 5.41) is -0.833. The van der Waals surface area contributed by atoms with Gasteiger partial charge in [0.05, 0.1) is 11.2 Å². The lowest BCUT2D eigenvalue weighted by atomic mass is 10.3. The van der Waals surface area contributed by atoms with Crippen LogP contribution in [0.5, 0.6) is 0 Å². The van der Waals surface area contributed by atoms with Crippen LogP contribution in [0.2, 0.25) is 0 Å². The van der Waals surface area contributed by atoms with Crippen molar-refractivity contribution in [3.63, 3.8) is 0 Å². The lowest BCUT2D eigenvalue weighted by Gasteiger charge is -2.13. The van der Waals surface area contributed by atoms with Crippen molar-refractivity contribution in [2.75, 3.05) is 6.54 Å². The summed E-state index contributed by atoms with van der Waals surface area (Å²) in [6, 6.07) is 11.5. The molecule has 2 N–H and O–H groups in total. The largest absolute Gasteiger partial charge is 0.468 e. The minimum Gasteiger partial charge on any atom is -0.468 e. The zero-order chi connectivity index (χ0) is 12.3. The fraction of sp³-hybridized carbons (Fsp3) is 0.167. The third-order valence-electron chi connectivity index (χ3n) is 2.52. The van der Waals surface area contributed by atoms with Crippen molar-refractivity contribution in [3.8, 4) is 0 Å². The molecule has 4 nitrogen and oxygen atoms in total. The first-order valence-electron chi connectivity index (χ1n) is 5.18. The van der Waals surface area contributed by atoms with Gasteiger partial charge < -0.3 is 10.2 Å². The first-order valence-corrected chi connectivity index (χ1v) is 6.73. The topological polar surface area (TPSA) is 73.3 Å². The van der Waals surface area contributed by atoms with Gasteiger partial charge in [-0.2, -0.15) is 0 Å². The molecule has 2 aromatic rings. The van der Waals surface area contributed by atoms with E-state index in [1.807, 2.05) is 0 Å². The van der Waals surface area contributed by atoms with Crippen LogP contribution in [0.4, 0.5) is 0 Å². The number of hydrogen-bond acceptors (Lipinski definition) is 4. The highest BCUT2D eigenvalue weighted by atomic mass is 32.2. The Balaban J connectivity index is 2.45. The maximum Gasteiger partial charge on any atom is 0.189 e. The predicted molar refractivity (Wildman–Crippen MR) is 64.1 cm³/mol. The Labute approximate surface area is 100.0 Å². The van der Waals surface area contributed by atoms with Gasteiger partial charge in [-0.15, -0.1) is 0 Å². The van der Waals surface area contributed by atoms with Crippen molar-refractivity contribution in [3.05, 3.63) is 54.5 Å². The van der Waals surface area contributed by atoms with E-state index in [2.05, 4.69) is 0 Å². The maximum absolute atomic E-state index is 12.3. The standard InChI is InChI=1S/C12H13NO3S/c13-9-12(11-7-4-8-16-11)17(14,15)10-5-2-1-3-6-10/h1-8,12H,9,13H2/t12-/m1/s1. The minimum atomic E-state index is -3.49. The van der Waals surface area contributed by atoms with Crippen molar-refractivity contribution in [1.82, 2.24) is 0 Å². The molecule has 0 spiro atoms. The first-order chi connectivity index (χ1) is 8.16. The van der Waals surface area contributed by atoms with Crippen LogP contribution in [0.25, 0.3) is 0 Å². The van der Waals surface area contributed by atoms with E-state index in [1.54, 1.807) is 42.5 Å². The molecular formula is C12H13NO3S. The van der Waals surface area contributed by atoms with Crippen LogP contribution >= 0.6 is 0 Å². The Bertz CT molecular complexity index is 561. The minimum absolute atomic E-state index is 0.00919. The van der Waals surface area contributed by atoms with Gasteiger partial charge in [-0.3, -0.25) is 0 Å². The van der Waals surface area contributed by atoms with E-state index in [0.29, 0.717) is 5.76 Å². The molecule has 0 aliphatic heterocycles. The Morgan fingerprint density at radius 2 is 1.82 bits per heavy atom. The van der Waals surface area contributed by atoms with E-state index in [1.165, 1.54) is 6.26 Å². The van der Waals surface area contributed by atoms with Gasteiger partial charge >= 0.3 is 0 Å². The number of furan rings is 1. The maximum atomic E-state index is 12.3. The summed E-state index contributed by atoms with van der Waals surface area (Å²) < 4.78 is 29.8. The molecule has 5 heteroatoms. The van der Waals surface area contributed by atoms with Crippen molar-refractivity contribution in [2.45, 2.75) is 10.1 Å². The van der Waals surface area contributed by atoms with E-state index in [-0.39, 0.29) is 11.4 Å². The van der Waals surface area contributed by atoms with Crippen LogP contribution in [0.3, 0.4) is 0 Å². The van der Waals surface area contributed by atoms with Gasteiger partial charge in [-0.1, -0.05) is 18.2 Å². The summed E-state index contributed by atoms with van der Waals surface area (Å²) in [7, 11) is -3.49. The van der Waals surface area contributed by atoms with E-state index >= 15 is 0 Å². The second-order valence-corrected chi connectivity index (χ2v) is 5.73. The molecule has 0 amide bonds. The SMILES string of the molecule is NC[C@H](c1ccco1)S(=O)(=O)c1ccccc1. The van der Waals surface area contributed by atoms with Crippen molar-refractivity contribution in [1.29, 1.82) is 0 Å². The number of sulfone groups is 1. The highest BCUT2D eigenvalue weighted by Crippen LogP contribution is 2.27. The quantitative estimate of drug-likeness (QED) is 0.898. The molecule has 1 heterocycles. The number of nitrogens with two attached hydrogens (primary N) is 1. The molecule has 0 radical (unpaired) electrons. The van der Waals surface area contributed by atoms with E-state index in [4.69, 9.17) is 10.2 Å². The normalized spacial score (nSPS) is 13.5. The lowest BCUT2D eigenvalue weighted by Crippen LogP contribution is -2.21. The molecule has 0 fully saturated rings. The molecule has 0 saturated heterocycles. The molecule has 0 unspecified atom stereocenters. The van der Waals surface area contributed by atoms with Crippen molar-refractivity contribution >= 4 is 9.84 Å². The molecule has 0 aliphatic rings. The van der Waals surface area contributed by atoms with Crippen LogP contribution in [0.1, 0.15) is 11.0 Å². The summed E-state index contributed by atoms with van der Waals surface area (Å²) >= 11 is 0. The first kappa shape index (κ1) is 11.9. The van der Waals surface area contributed by atoms with Crippen molar-refractivity contribution < 1.29 is 12.8 Å². The van der Waals surface area contributed by atoms with Crippen LogP contribution < -0.4 is 5.73 Å². The molecule has 90 valence electrons. The summed E-state index contributed by atoms with van der Waals surface area (Å²) in [6.07, 6.45) is 1.44. The van der Waals surface area contributed by atoms with Gasteiger partial charge in [0.1, 0.15) is 11.0 Å². The number of hydrogen-bond donors (Lipinski definition) is 1. The molecule has 17 heavy (non-hydrogen) atoms. The zero-order valence-corrected chi connectivity index (χ0v) is 9.93. The van der Waals surface area contributed by atoms with E-state index in [9.17, 15) is 8.42 Å². The predicted octanol–water partition coefficient (Wildman–Crippen LogP) is 1.75. The highest BCUT2D eigenvalue weighted by Gasteiger charge is 2.29. The van der Waals surface area contributed by atoms with Gasteiger partial charge in [-0.05, 0) is 24.3 Å². The lowest BCUT2D eigenvalue weighted by molar-refractivity contribution is 0.492. The van der Waals surface area contributed by atoms with Gasteiger partial charge in [-0.25, -0.2) is 8.42 Å². The van der Waals surface area contributed by atoms with Crippen LogP contribution in [-0.2, 0) is 9.84 Å². The summed E-state index contributed by atoms with van der Waals surface area (Å²) in [6.45, 7) is -0.00919. The molecule has 1 aromatic heterocycles. The van der Waals surface area contributed by atoms with Gasteiger partial charge in [0, 0.05) is 6.54 Å². The third-order valence-corrected chi connectivity index (χ3v) is 4.62. The average molecular weight is 251 g/mol. The van der Waals surface area contributed by atoms with Crippen LogP contribution in [-0.4, -0.2) is 15.0 Å². The zero-order valence-electron chi connectivity index (χ0n) is 9.11. The Morgan fingerprint density at radius 1 is 1.12 bits per heavy atom. The van der Waals surface area contributed by atoms with Gasteiger partial charge in [0.15, 0.2) is 9.84 Å². The summed E-state index contributed by atoms with van der Waals surface area (Å²) in [5.74, 6) is 0.372. The summed E-state index contributed by atoms with van der Waals surface area (Å²) in [4.78, 5) is 0.256. The van der Waals surface area contributed by atoms with Gasteiger partial charge in [0.25, 0.3) is 0 Å². The molecule has 0 bridgehead atoms. The molecule has 0 aliphatic carbocycles. The van der Waals surface area contributed by atoms with Crippen molar-refractivity contribution in [2.24, 2.45) is 5.73 Å². The average Bonchev–Trinajstić information content (AvgIpc) is 2.84. The highest BCUT2D eigenvalue weighted by molar-refractivity contribution is 7.91. The number of rotatable bonds is 4. The van der Waals surface area contributed by atoms with Gasteiger partial charge in [0.2, 0.25) is 0 Å². The fourth-order valence-corrected chi connectivity index (χ4v) is 3.20. The second-order valence-electron chi connectivity index (χ2n) is 3.60. The third kappa shape index (κ3) is 2.25.